The minimum atomic E-state index is -0.804. The maximum Gasteiger partial charge on any atom is 0.324 e. The fourth-order valence-electron chi connectivity index (χ4n) is 2.96. The highest BCUT2D eigenvalue weighted by Crippen LogP contribution is 2.25. The smallest absolute Gasteiger partial charge is 0.324 e. The van der Waals surface area contributed by atoms with Crippen molar-refractivity contribution in [2.45, 2.75) is 26.5 Å². The summed E-state index contributed by atoms with van der Waals surface area (Å²) in [5, 5.41) is 13.9. The van der Waals surface area contributed by atoms with E-state index in [9.17, 15) is 14.7 Å². The van der Waals surface area contributed by atoms with Crippen LogP contribution in [0.15, 0.2) is 24.3 Å². The summed E-state index contributed by atoms with van der Waals surface area (Å²) in [6, 6.07) is 7.58. The van der Waals surface area contributed by atoms with Gasteiger partial charge in [0.2, 0.25) is 5.91 Å². The Morgan fingerprint density at radius 2 is 1.95 bits per heavy atom. The van der Waals surface area contributed by atoms with E-state index in [0.717, 1.165) is 21.5 Å². The molecule has 1 fully saturated rings. The molecule has 0 bridgehead atoms. The summed E-state index contributed by atoms with van der Waals surface area (Å²) in [7, 11) is 0. The molecule has 2 aromatic rings. The molecule has 3 rings (SSSR count). The van der Waals surface area contributed by atoms with E-state index in [1.807, 2.05) is 29.7 Å². The number of aliphatic hydroxyl groups excluding tert-OH is 1. The summed E-state index contributed by atoms with van der Waals surface area (Å²) < 4.78 is 2.04. The average Bonchev–Trinajstić information content (AvgIpc) is 2.94. The van der Waals surface area contributed by atoms with Gasteiger partial charge in [-0.25, -0.2) is 4.79 Å². The molecule has 0 saturated carbocycles. The minimum absolute atomic E-state index is 0.00958. The Morgan fingerprint density at radius 3 is 2.64 bits per heavy atom. The Kier molecular flexibility index (Phi) is 3.62. The quantitative estimate of drug-likeness (QED) is 0.833. The normalized spacial score (nSPS) is 16.4. The van der Waals surface area contributed by atoms with Gasteiger partial charge >= 0.3 is 6.03 Å². The van der Waals surface area contributed by atoms with E-state index < -0.39 is 12.1 Å². The van der Waals surface area contributed by atoms with Gasteiger partial charge in [-0.3, -0.25) is 9.69 Å². The van der Waals surface area contributed by atoms with E-state index in [0.29, 0.717) is 6.54 Å². The molecule has 1 aromatic carbocycles. The number of imide groups is 1. The number of urea groups is 1. The largest absolute Gasteiger partial charge is 0.389 e. The van der Waals surface area contributed by atoms with Gasteiger partial charge in [-0.15, -0.1) is 0 Å². The first kappa shape index (κ1) is 14.6. The van der Waals surface area contributed by atoms with E-state index in [1.54, 1.807) is 0 Å². The molecular weight excluding hydrogens is 282 g/mol. The molecule has 3 amide bonds. The molecule has 116 valence electrons. The van der Waals surface area contributed by atoms with E-state index in [4.69, 9.17) is 0 Å². The second-order valence-electron chi connectivity index (χ2n) is 5.66. The zero-order valence-electron chi connectivity index (χ0n) is 12.7. The SMILES string of the molecule is Cc1c(C)n(CC(O)CN2C(=O)CNC2=O)c2ccccc12. The third-order valence-electron chi connectivity index (χ3n) is 4.27. The average molecular weight is 301 g/mol. The van der Waals surface area contributed by atoms with Crippen molar-refractivity contribution >= 4 is 22.8 Å². The summed E-state index contributed by atoms with van der Waals surface area (Å²) in [4.78, 5) is 24.2. The number of aliphatic hydroxyl groups is 1. The van der Waals surface area contributed by atoms with Crippen molar-refractivity contribution in [2.24, 2.45) is 0 Å². The summed E-state index contributed by atoms with van der Waals surface area (Å²) >= 11 is 0. The molecular formula is C16H19N3O3. The molecule has 1 unspecified atom stereocenters. The lowest BCUT2D eigenvalue weighted by atomic mass is 10.2. The molecule has 1 aromatic heterocycles. The van der Waals surface area contributed by atoms with Crippen LogP contribution in [-0.2, 0) is 11.3 Å². The van der Waals surface area contributed by atoms with Crippen LogP contribution >= 0.6 is 0 Å². The number of hydrogen-bond donors (Lipinski definition) is 2. The van der Waals surface area contributed by atoms with Crippen molar-refractivity contribution < 1.29 is 14.7 Å². The molecule has 1 saturated heterocycles. The molecule has 2 N–H and O–H groups in total. The molecule has 0 radical (unpaired) electrons. The number of aromatic nitrogens is 1. The third-order valence-corrected chi connectivity index (χ3v) is 4.27. The number of hydrogen-bond acceptors (Lipinski definition) is 3. The second-order valence-corrected chi connectivity index (χ2v) is 5.66. The van der Waals surface area contributed by atoms with Crippen LogP contribution in [-0.4, -0.2) is 45.7 Å². The second kappa shape index (κ2) is 5.46. The van der Waals surface area contributed by atoms with Crippen LogP contribution in [0, 0.1) is 13.8 Å². The van der Waals surface area contributed by atoms with Crippen molar-refractivity contribution in [3.63, 3.8) is 0 Å². The molecule has 1 aliphatic rings. The van der Waals surface area contributed by atoms with Crippen molar-refractivity contribution in [3.8, 4) is 0 Å². The Labute approximate surface area is 128 Å². The number of fused-ring (bicyclic) bond motifs is 1. The van der Waals surface area contributed by atoms with E-state index >= 15 is 0 Å². The van der Waals surface area contributed by atoms with E-state index in [1.165, 1.54) is 5.56 Å². The van der Waals surface area contributed by atoms with Gasteiger partial charge in [-0.05, 0) is 25.5 Å². The van der Waals surface area contributed by atoms with Crippen LogP contribution in [0.3, 0.4) is 0 Å². The monoisotopic (exact) mass is 301 g/mol. The van der Waals surface area contributed by atoms with Gasteiger partial charge in [0.1, 0.15) is 0 Å². The highest BCUT2D eigenvalue weighted by atomic mass is 16.3. The van der Waals surface area contributed by atoms with Gasteiger partial charge in [0.05, 0.1) is 25.7 Å². The number of β-amino-alcohol motifs (C(OH)–C–C–N with tert-alkyl or cyclic N) is 1. The molecule has 2 heterocycles. The predicted octanol–water partition coefficient (Wildman–Crippen LogP) is 1.17. The first-order valence-electron chi connectivity index (χ1n) is 7.29. The maximum absolute atomic E-state index is 11.6. The molecule has 0 spiro atoms. The first-order chi connectivity index (χ1) is 10.5. The van der Waals surface area contributed by atoms with Crippen molar-refractivity contribution in [1.29, 1.82) is 0 Å². The summed E-state index contributed by atoms with van der Waals surface area (Å²) in [5.74, 6) is -0.297. The molecule has 1 aliphatic heterocycles. The molecule has 22 heavy (non-hydrogen) atoms. The van der Waals surface area contributed by atoms with Gasteiger partial charge in [-0.1, -0.05) is 18.2 Å². The minimum Gasteiger partial charge on any atom is -0.389 e. The highest BCUT2D eigenvalue weighted by Gasteiger charge is 2.30. The highest BCUT2D eigenvalue weighted by molar-refractivity contribution is 6.01. The molecule has 0 aliphatic carbocycles. The predicted molar refractivity (Wildman–Crippen MR) is 82.5 cm³/mol. The fourth-order valence-corrected chi connectivity index (χ4v) is 2.96. The number of nitrogens with zero attached hydrogens (tertiary/aromatic N) is 2. The van der Waals surface area contributed by atoms with Gasteiger partial charge in [0.25, 0.3) is 0 Å². The van der Waals surface area contributed by atoms with E-state index in [2.05, 4.69) is 18.3 Å². The number of amides is 3. The molecule has 6 nitrogen and oxygen atoms in total. The lowest BCUT2D eigenvalue weighted by Crippen LogP contribution is -2.39. The van der Waals surface area contributed by atoms with Gasteiger partial charge < -0.3 is 15.0 Å². The summed E-state index contributed by atoms with van der Waals surface area (Å²) in [6.07, 6.45) is -0.804. The van der Waals surface area contributed by atoms with Gasteiger partial charge in [0, 0.05) is 16.6 Å². The van der Waals surface area contributed by atoms with Crippen molar-refractivity contribution in [2.75, 3.05) is 13.1 Å². The maximum atomic E-state index is 11.6. The number of nitrogens with one attached hydrogen (secondary N) is 1. The number of aryl methyl sites for hydroxylation is 1. The number of carbonyl (C=O) groups is 2. The number of rotatable bonds is 4. The zero-order valence-corrected chi connectivity index (χ0v) is 12.7. The van der Waals surface area contributed by atoms with Crippen LogP contribution < -0.4 is 5.32 Å². The lowest BCUT2D eigenvalue weighted by molar-refractivity contribution is -0.126. The standard InChI is InChI=1S/C16H19N3O3/c1-10-11(2)18(14-6-4-3-5-13(10)14)8-12(20)9-19-15(21)7-17-16(19)22/h3-6,12,20H,7-9H2,1-2H3,(H,17,22). The topological polar surface area (TPSA) is 74.6 Å². The number of benzene rings is 1. The Bertz CT molecular complexity index is 734. The van der Waals surface area contributed by atoms with Crippen LogP contribution in [0.25, 0.3) is 10.9 Å². The fraction of sp³-hybridized carbons (Fsp3) is 0.375. The lowest BCUT2D eigenvalue weighted by Gasteiger charge is -2.19. The van der Waals surface area contributed by atoms with Crippen LogP contribution in [0.1, 0.15) is 11.3 Å². The number of carbonyl (C=O) groups excluding carboxylic acids is 2. The van der Waals surface area contributed by atoms with Gasteiger partial charge in [-0.2, -0.15) is 0 Å². The molecule has 6 heteroatoms. The first-order valence-corrected chi connectivity index (χ1v) is 7.29. The van der Waals surface area contributed by atoms with Gasteiger partial charge in [0.15, 0.2) is 0 Å². The zero-order chi connectivity index (χ0) is 15.9. The van der Waals surface area contributed by atoms with Crippen molar-refractivity contribution in [3.05, 3.63) is 35.5 Å². The summed E-state index contributed by atoms with van der Waals surface area (Å²) in [6.45, 7) is 4.43. The molecule has 1 atom stereocenters. The van der Waals surface area contributed by atoms with Crippen molar-refractivity contribution in [1.82, 2.24) is 14.8 Å². The van der Waals surface area contributed by atoms with Crippen LogP contribution in [0.2, 0.25) is 0 Å². The number of para-hydroxylation sites is 1. The Balaban J connectivity index is 1.83. The van der Waals surface area contributed by atoms with Crippen LogP contribution in [0.5, 0.6) is 0 Å². The summed E-state index contributed by atoms with van der Waals surface area (Å²) in [5.41, 5.74) is 3.31. The van der Waals surface area contributed by atoms with Crippen LogP contribution in [0.4, 0.5) is 4.79 Å². The van der Waals surface area contributed by atoms with E-state index in [-0.39, 0.29) is 19.0 Å². The Morgan fingerprint density at radius 1 is 1.23 bits per heavy atom. The Hall–Kier alpha value is -2.34. The third kappa shape index (κ3) is 2.35.